The SMILES string of the molecule is COC(=O)c1cnc(NC/C=C/CNC(=O)OC(C)(C)C)c(Br)c1. The Kier molecular flexibility index (Phi) is 7.70. The van der Waals surface area contributed by atoms with E-state index in [1.54, 1.807) is 12.1 Å². The number of hydrogen-bond donors (Lipinski definition) is 2. The van der Waals surface area contributed by atoms with Crippen LogP contribution in [-0.4, -0.2) is 42.8 Å². The molecule has 8 heteroatoms. The first-order valence-corrected chi connectivity index (χ1v) is 8.12. The van der Waals surface area contributed by atoms with Crippen molar-refractivity contribution in [2.75, 3.05) is 25.5 Å². The fourth-order valence-corrected chi connectivity index (χ4v) is 2.07. The van der Waals surface area contributed by atoms with Gasteiger partial charge in [-0.2, -0.15) is 0 Å². The average molecular weight is 400 g/mol. The van der Waals surface area contributed by atoms with Crippen molar-refractivity contribution in [3.05, 3.63) is 34.5 Å². The van der Waals surface area contributed by atoms with E-state index in [0.717, 1.165) is 0 Å². The zero-order valence-electron chi connectivity index (χ0n) is 14.2. The van der Waals surface area contributed by atoms with Gasteiger partial charge in [-0.1, -0.05) is 12.2 Å². The molecule has 1 amide bonds. The van der Waals surface area contributed by atoms with Gasteiger partial charge >= 0.3 is 12.1 Å². The number of methoxy groups -OCH3 is 1. The molecule has 0 atom stereocenters. The van der Waals surface area contributed by atoms with Gasteiger partial charge in [0.05, 0.1) is 17.1 Å². The molecule has 0 fully saturated rings. The van der Waals surface area contributed by atoms with Crippen LogP contribution in [0.3, 0.4) is 0 Å². The number of hydrogen-bond acceptors (Lipinski definition) is 6. The third kappa shape index (κ3) is 7.45. The maximum Gasteiger partial charge on any atom is 0.407 e. The second kappa shape index (κ2) is 9.27. The van der Waals surface area contributed by atoms with Crippen LogP contribution in [0.15, 0.2) is 28.9 Å². The first-order chi connectivity index (χ1) is 11.2. The van der Waals surface area contributed by atoms with Gasteiger partial charge in [-0.15, -0.1) is 0 Å². The number of carbonyl (C=O) groups is 2. The number of halogens is 1. The molecular formula is C16H22BrN3O4. The first-order valence-electron chi connectivity index (χ1n) is 7.32. The van der Waals surface area contributed by atoms with E-state index in [9.17, 15) is 9.59 Å². The minimum atomic E-state index is -0.510. The Balaban J connectivity index is 2.37. The molecule has 0 aromatic carbocycles. The molecule has 0 aliphatic rings. The van der Waals surface area contributed by atoms with E-state index in [2.05, 4.69) is 36.3 Å². The summed E-state index contributed by atoms with van der Waals surface area (Å²) in [5.41, 5.74) is -0.143. The van der Waals surface area contributed by atoms with Crippen LogP contribution in [0.25, 0.3) is 0 Å². The predicted molar refractivity (Wildman–Crippen MR) is 95.1 cm³/mol. The Hall–Kier alpha value is -2.09. The van der Waals surface area contributed by atoms with Crippen molar-refractivity contribution in [2.24, 2.45) is 0 Å². The Bertz CT molecular complexity index is 612. The van der Waals surface area contributed by atoms with Crippen LogP contribution in [0, 0.1) is 0 Å². The van der Waals surface area contributed by atoms with Crippen LogP contribution in [0.1, 0.15) is 31.1 Å². The molecule has 0 saturated carbocycles. The molecule has 0 radical (unpaired) electrons. The lowest BCUT2D eigenvalue weighted by molar-refractivity contribution is 0.0532. The smallest absolute Gasteiger partial charge is 0.407 e. The van der Waals surface area contributed by atoms with Crippen molar-refractivity contribution < 1.29 is 19.1 Å². The van der Waals surface area contributed by atoms with Gasteiger partial charge in [0.25, 0.3) is 0 Å². The molecule has 1 aromatic rings. The van der Waals surface area contributed by atoms with Gasteiger partial charge in [0.1, 0.15) is 11.4 Å². The number of anilines is 1. The summed E-state index contributed by atoms with van der Waals surface area (Å²) in [4.78, 5) is 27.0. The highest BCUT2D eigenvalue weighted by Crippen LogP contribution is 2.20. The molecule has 1 heterocycles. The molecule has 132 valence electrons. The second-order valence-corrected chi connectivity index (χ2v) is 6.64. The molecule has 1 aromatic heterocycles. The van der Waals surface area contributed by atoms with E-state index in [4.69, 9.17) is 4.74 Å². The Morgan fingerprint density at radius 3 is 2.54 bits per heavy atom. The minimum Gasteiger partial charge on any atom is -0.465 e. The summed E-state index contributed by atoms with van der Waals surface area (Å²) in [6.45, 7) is 6.31. The van der Waals surface area contributed by atoms with Crippen molar-refractivity contribution in [1.29, 1.82) is 0 Å². The van der Waals surface area contributed by atoms with Gasteiger partial charge in [0.15, 0.2) is 0 Å². The van der Waals surface area contributed by atoms with Gasteiger partial charge in [-0.3, -0.25) is 0 Å². The number of amides is 1. The lowest BCUT2D eigenvalue weighted by Crippen LogP contribution is -2.32. The number of nitrogens with zero attached hydrogens (tertiary/aromatic N) is 1. The average Bonchev–Trinajstić information content (AvgIpc) is 2.49. The van der Waals surface area contributed by atoms with Crippen molar-refractivity contribution in [1.82, 2.24) is 10.3 Å². The first kappa shape index (κ1) is 20.0. The third-order valence-electron chi connectivity index (χ3n) is 2.58. The minimum absolute atomic E-state index is 0.368. The van der Waals surface area contributed by atoms with Gasteiger partial charge in [0, 0.05) is 19.3 Å². The number of pyridine rings is 1. The van der Waals surface area contributed by atoms with Crippen LogP contribution in [-0.2, 0) is 9.47 Å². The lowest BCUT2D eigenvalue weighted by atomic mass is 10.2. The molecule has 7 nitrogen and oxygen atoms in total. The quantitative estimate of drug-likeness (QED) is 0.564. The summed E-state index contributed by atoms with van der Waals surface area (Å²) < 4.78 is 10.4. The van der Waals surface area contributed by atoms with Crippen LogP contribution in [0.5, 0.6) is 0 Å². The summed E-state index contributed by atoms with van der Waals surface area (Å²) >= 11 is 3.34. The zero-order valence-corrected chi connectivity index (χ0v) is 15.8. The van der Waals surface area contributed by atoms with Crippen molar-refractivity contribution >= 4 is 33.8 Å². The normalized spacial score (nSPS) is 11.2. The summed E-state index contributed by atoms with van der Waals surface area (Å²) in [6, 6.07) is 1.63. The second-order valence-electron chi connectivity index (χ2n) is 5.78. The number of nitrogens with one attached hydrogen (secondary N) is 2. The van der Waals surface area contributed by atoms with Gasteiger partial charge in [-0.25, -0.2) is 14.6 Å². The molecular weight excluding hydrogens is 378 g/mol. The Morgan fingerprint density at radius 1 is 1.29 bits per heavy atom. The molecule has 1 rings (SSSR count). The topological polar surface area (TPSA) is 89.5 Å². The summed E-state index contributed by atoms with van der Waals surface area (Å²) in [6.07, 6.45) is 4.63. The van der Waals surface area contributed by atoms with Gasteiger partial charge in [-0.05, 0) is 42.8 Å². The number of rotatable bonds is 6. The van der Waals surface area contributed by atoms with E-state index >= 15 is 0 Å². The molecule has 0 spiro atoms. The van der Waals surface area contributed by atoms with E-state index in [0.29, 0.717) is 28.9 Å². The monoisotopic (exact) mass is 399 g/mol. The lowest BCUT2D eigenvalue weighted by Gasteiger charge is -2.19. The Labute approximate surface area is 149 Å². The molecule has 24 heavy (non-hydrogen) atoms. The molecule has 2 N–H and O–H groups in total. The van der Waals surface area contributed by atoms with Crippen LogP contribution >= 0.6 is 15.9 Å². The molecule has 0 saturated heterocycles. The summed E-state index contributed by atoms with van der Waals surface area (Å²) in [7, 11) is 1.32. The highest BCUT2D eigenvalue weighted by molar-refractivity contribution is 9.10. The number of esters is 1. The van der Waals surface area contributed by atoms with E-state index in [1.165, 1.54) is 13.3 Å². The zero-order chi connectivity index (χ0) is 18.2. The molecule has 0 aliphatic carbocycles. The van der Waals surface area contributed by atoms with Crippen molar-refractivity contribution in [3.63, 3.8) is 0 Å². The van der Waals surface area contributed by atoms with Crippen LogP contribution in [0.2, 0.25) is 0 Å². The van der Waals surface area contributed by atoms with Crippen molar-refractivity contribution in [3.8, 4) is 0 Å². The summed E-state index contributed by atoms with van der Waals surface area (Å²) in [5.74, 6) is 0.162. The van der Waals surface area contributed by atoms with Crippen LogP contribution in [0.4, 0.5) is 10.6 Å². The van der Waals surface area contributed by atoms with E-state index in [1.807, 2.05) is 26.8 Å². The summed E-state index contributed by atoms with van der Waals surface area (Å²) in [5, 5.41) is 5.71. The molecule has 0 unspecified atom stereocenters. The number of aromatic nitrogens is 1. The highest BCUT2D eigenvalue weighted by Gasteiger charge is 2.15. The molecule has 0 bridgehead atoms. The highest BCUT2D eigenvalue weighted by atomic mass is 79.9. The maximum absolute atomic E-state index is 11.4. The van der Waals surface area contributed by atoms with E-state index in [-0.39, 0.29) is 0 Å². The largest absolute Gasteiger partial charge is 0.465 e. The number of alkyl carbamates (subject to hydrolysis) is 1. The Morgan fingerprint density at radius 2 is 1.96 bits per heavy atom. The fraction of sp³-hybridized carbons (Fsp3) is 0.438. The van der Waals surface area contributed by atoms with E-state index < -0.39 is 17.7 Å². The third-order valence-corrected chi connectivity index (χ3v) is 3.18. The van der Waals surface area contributed by atoms with Gasteiger partial charge in [0.2, 0.25) is 0 Å². The number of ether oxygens (including phenoxy) is 2. The predicted octanol–water partition coefficient (Wildman–Crippen LogP) is 3.12. The van der Waals surface area contributed by atoms with Gasteiger partial charge < -0.3 is 20.1 Å². The standard InChI is InChI=1S/C16H22BrN3O4/c1-16(2,3)24-15(22)19-8-6-5-7-18-13-12(17)9-11(10-20-13)14(21)23-4/h5-6,9-10H,7-8H2,1-4H3,(H,18,20)(H,19,22)/b6-5+. The van der Waals surface area contributed by atoms with Crippen LogP contribution < -0.4 is 10.6 Å². The fourth-order valence-electron chi connectivity index (χ4n) is 1.58. The molecule has 0 aliphatic heterocycles. The maximum atomic E-state index is 11.4. The number of carbonyl (C=O) groups excluding carboxylic acids is 2. The van der Waals surface area contributed by atoms with Crippen molar-refractivity contribution in [2.45, 2.75) is 26.4 Å².